The first-order chi connectivity index (χ1) is 7.60. The van der Waals surface area contributed by atoms with Crippen LogP contribution in [-0.4, -0.2) is 24.6 Å². The lowest BCUT2D eigenvalue weighted by molar-refractivity contribution is -0.144. The van der Waals surface area contributed by atoms with Gasteiger partial charge in [-0.25, -0.2) is 4.79 Å². The third-order valence-corrected chi connectivity index (χ3v) is 1.51. The van der Waals surface area contributed by atoms with Gasteiger partial charge in [0, 0.05) is 19.4 Å². The molecule has 0 N–H and O–H groups in total. The average molecular weight is 224 g/mol. The fraction of sp³-hybridized carbons (Fsp3) is 0.333. The minimum atomic E-state index is -0.499. The lowest BCUT2D eigenvalue weighted by Gasteiger charge is -2.09. The zero-order chi connectivity index (χ0) is 12.4. The van der Waals surface area contributed by atoms with Gasteiger partial charge in [0.1, 0.15) is 12.7 Å². The number of rotatable bonds is 7. The molecule has 0 saturated heterocycles. The summed E-state index contributed by atoms with van der Waals surface area (Å²) in [4.78, 5) is 21.8. The summed E-state index contributed by atoms with van der Waals surface area (Å²) in [5.74, 6) is -0.905. The van der Waals surface area contributed by atoms with E-state index in [1.807, 2.05) is 0 Å². The highest BCUT2D eigenvalue weighted by atomic mass is 16.5. The molecule has 0 unspecified atom stereocenters. The summed E-state index contributed by atoms with van der Waals surface area (Å²) in [6, 6.07) is 0. The molecule has 4 nitrogen and oxygen atoms in total. The number of ether oxygens (including phenoxy) is 2. The summed E-state index contributed by atoms with van der Waals surface area (Å²) >= 11 is 0. The highest BCUT2D eigenvalue weighted by Crippen LogP contribution is 2.02. The van der Waals surface area contributed by atoms with Crippen LogP contribution in [0.25, 0.3) is 0 Å². The Morgan fingerprint density at radius 3 is 2.50 bits per heavy atom. The Kier molecular flexibility index (Phi) is 7.49. The van der Waals surface area contributed by atoms with Gasteiger partial charge in [-0.1, -0.05) is 18.7 Å². The fourth-order valence-corrected chi connectivity index (χ4v) is 0.918. The first-order valence-corrected chi connectivity index (χ1v) is 4.84. The maximum Gasteiger partial charge on any atom is 0.330 e. The molecular weight excluding hydrogens is 208 g/mol. The monoisotopic (exact) mass is 224 g/mol. The summed E-state index contributed by atoms with van der Waals surface area (Å²) in [7, 11) is 0. The van der Waals surface area contributed by atoms with Crippen LogP contribution in [0.3, 0.4) is 0 Å². The van der Waals surface area contributed by atoms with Crippen molar-refractivity contribution in [3.63, 3.8) is 0 Å². The van der Waals surface area contributed by atoms with Gasteiger partial charge in [-0.2, -0.15) is 0 Å². The molecule has 0 bridgehead atoms. The Hall–Kier alpha value is -1.84. The predicted octanol–water partition coefficient (Wildman–Crippen LogP) is 1.78. The van der Waals surface area contributed by atoms with Crippen LogP contribution >= 0.6 is 0 Å². The summed E-state index contributed by atoms with van der Waals surface area (Å²) < 4.78 is 9.64. The van der Waals surface area contributed by atoms with Crippen molar-refractivity contribution < 1.29 is 19.1 Å². The number of hydrogen-bond acceptors (Lipinski definition) is 4. The van der Waals surface area contributed by atoms with Gasteiger partial charge in [-0.15, -0.1) is 6.58 Å². The van der Waals surface area contributed by atoms with Gasteiger partial charge in [-0.05, 0) is 6.08 Å². The minimum absolute atomic E-state index is 0.156. The Bertz CT molecular complexity index is 291. The smallest absolute Gasteiger partial charge is 0.330 e. The van der Waals surface area contributed by atoms with E-state index in [0.29, 0.717) is 6.42 Å². The van der Waals surface area contributed by atoms with Crippen molar-refractivity contribution in [1.29, 1.82) is 0 Å². The third kappa shape index (κ3) is 7.55. The minimum Gasteiger partial charge on any atom is -0.458 e. The molecule has 0 aromatic rings. The predicted molar refractivity (Wildman–Crippen MR) is 60.7 cm³/mol. The van der Waals surface area contributed by atoms with Crippen LogP contribution in [-0.2, 0) is 19.1 Å². The highest BCUT2D eigenvalue weighted by Gasteiger charge is 2.06. The van der Waals surface area contributed by atoms with E-state index in [1.165, 1.54) is 25.2 Å². The van der Waals surface area contributed by atoms with Crippen molar-refractivity contribution in [3.8, 4) is 0 Å². The SMILES string of the molecule is C=CCOC(=O)/C=C/[C@H](CC=C)OC(C)=O. The van der Waals surface area contributed by atoms with Gasteiger partial charge in [0.25, 0.3) is 0 Å². The number of carbonyl (C=O) groups is 2. The van der Waals surface area contributed by atoms with Gasteiger partial charge in [0.2, 0.25) is 0 Å². The summed E-state index contributed by atoms with van der Waals surface area (Å²) in [6.07, 6.45) is 5.73. The van der Waals surface area contributed by atoms with Crippen LogP contribution < -0.4 is 0 Å². The van der Waals surface area contributed by atoms with Gasteiger partial charge in [-0.3, -0.25) is 4.79 Å². The second-order valence-corrected chi connectivity index (χ2v) is 2.95. The van der Waals surface area contributed by atoms with Crippen LogP contribution in [0.15, 0.2) is 37.5 Å². The fourth-order valence-electron chi connectivity index (χ4n) is 0.918. The molecule has 0 radical (unpaired) electrons. The van der Waals surface area contributed by atoms with Gasteiger partial charge >= 0.3 is 11.9 Å². The molecule has 0 aliphatic heterocycles. The Morgan fingerprint density at radius 2 is 2.00 bits per heavy atom. The maximum atomic E-state index is 11.1. The van der Waals surface area contributed by atoms with E-state index in [-0.39, 0.29) is 6.61 Å². The van der Waals surface area contributed by atoms with Gasteiger partial charge in [0.05, 0.1) is 0 Å². The normalized spacial score (nSPS) is 11.8. The Balaban J connectivity index is 4.19. The average Bonchev–Trinajstić information content (AvgIpc) is 2.22. The van der Waals surface area contributed by atoms with Gasteiger partial charge in [0.15, 0.2) is 0 Å². The molecule has 88 valence electrons. The van der Waals surface area contributed by atoms with Crippen LogP contribution in [0.4, 0.5) is 0 Å². The van der Waals surface area contributed by atoms with Crippen molar-refractivity contribution in [3.05, 3.63) is 37.5 Å². The molecular formula is C12H16O4. The van der Waals surface area contributed by atoms with E-state index in [4.69, 9.17) is 9.47 Å². The lowest BCUT2D eigenvalue weighted by atomic mass is 10.2. The zero-order valence-corrected chi connectivity index (χ0v) is 9.35. The van der Waals surface area contributed by atoms with E-state index in [0.717, 1.165) is 0 Å². The molecule has 1 atom stereocenters. The molecule has 0 heterocycles. The van der Waals surface area contributed by atoms with E-state index in [2.05, 4.69) is 13.2 Å². The first-order valence-electron chi connectivity index (χ1n) is 4.84. The molecule has 0 aromatic heterocycles. The van der Waals surface area contributed by atoms with Gasteiger partial charge < -0.3 is 9.47 Å². The quantitative estimate of drug-likeness (QED) is 0.376. The van der Waals surface area contributed by atoms with E-state index < -0.39 is 18.0 Å². The third-order valence-electron chi connectivity index (χ3n) is 1.51. The molecule has 0 rings (SSSR count). The van der Waals surface area contributed by atoms with Crippen LogP contribution in [0.2, 0.25) is 0 Å². The Labute approximate surface area is 95.2 Å². The lowest BCUT2D eigenvalue weighted by Crippen LogP contribution is -2.13. The van der Waals surface area contributed by atoms with Crippen molar-refractivity contribution in [2.45, 2.75) is 19.4 Å². The van der Waals surface area contributed by atoms with E-state index in [1.54, 1.807) is 6.08 Å². The van der Waals surface area contributed by atoms with E-state index >= 15 is 0 Å². The molecule has 0 spiro atoms. The van der Waals surface area contributed by atoms with E-state index in [9.17, 15) is 9.59 Å². The van der Waals surface area contributed by atoms with Crippen molar-refractivity contribution >= 4 is 11.9 Å². The summed E-state index contributed by atoms with van der Waals surface area (Å²) in [5, 5.41) is 0. The van der Waals surface area contributed by atoms with Crippen LogP contribution in [0.1, 0.15) is 13.3 Å². The van der Waals surface area contributed by atoms with Crippen molar-refractivity contribution in [2.24, 2.45) is 0 Å². The summed E-state index contributed by atoms with van der Waals surface area (Å²) in [5.41, 5.74) is 0. The first kappa shape index (κ1) is 14.2. The zero-order valence-electron chi connectivity index (χ0n) is 9.35. The number of hydrogen-bond donors (Lipinski definition) is 0. The topological polar surface area (TPSA) is 52.6 Å². The van der Waals surface area contributed by atoms with Crippen LogP contribution in [0.5, 0.6) is 0 Å². The standard InChI is InChI=1S/C12H16O4/c1-4-6-11(16-10(3)13)7-8-12(14)15-9-5-2/h4-5,7-8,11H,1-2,6,9H2,3H3/b8-7+/t11-/m0/s1. The Morgan fingerprint density at radius 1 is 1.31 bits per heavy atom. The highest BCUT2D eigenvalue weighted by molar-refractivity contribution is 5.82. The maximum absolute atomic E-state index is 11.1. The number of esters is 2. The molecule has 0 saturated carbocycles. The van der Waals surface area contributed by atoms with Crippen molar-refractivity contribution in [2.75, 3.05) is 6.61 Å². The molecule has 0 amide bonds. The molecule has 0 fully saturated rings. The second kappa shape index (κ2) is 8.47. The largest absolute Gasteiger partial charge is 0.458 e. The van der Waals surface area contributed by atoms with Crippen LogP contribution in [0, 0.1) is 0 Å². The molecule has 4 heteroatoms. The number of carbonyl (C=O) groups excluding carboxylic acids is 2. The molecule has 0 aliphatic carbocycles. The molecule has 16 heavy (non-hydrogen) atoms. The second-order valence-electron chi connectivity index (χ2n) is 2.95. The van der Waals surface area contributed by atoms with Crippen molar-refractivity contribution in [1.82, 2.24) is 0 Å². The molecule has 0 aliphatic rings. The molecule has 0 aromatic carbocycles. The summed E-state index contributed by atoms with van der Waals surface area (Å²) in [6.45, 7) is 8.40.